The third-order valence-corrected chi connectivity index (χ3v) is 4.88. The van der Waals surface area contributed by atoms with Gasteiger partial charge in [-0.2, -0.15) is 0 Å². The zero-order valence-corrected chi connectivity index (χ0v) is 15.5. The summed E-state index contributed by atoms with van der Waals surface area (Å²) in [7, 11) is 0. The van der Waals surface area contributed by atoms with Gasteiger partial charge in [-0.25, -0.2) is 4.79 Å². The van der Waals surface area contributed by atoms with Crippen LogP contribution in [0, 0.1) is 5.92 Å². The summed E-state index contributed by atoms with van der Waals surface area (Å²) in [4.78, 5) is 26.7. The second-order valence-corrected chi connectivity index (χ2v) is 6.80. The second kappa shape index (κ2) is 9.40. The van der Waals surface area contributed by atoms with E-state index in [1.807, 2.05) is 30.3 Å². The van der Waals surface area contributed by atoms with Crippen LogP contribution in [0.2, 0.25) is 0 Å². The smallest absolute Gasteiger partial charge is 0.329 e. The molecular formula is C21H29NO3. The zero-order chi connectivity index (χ0) is 18.2. The van der Waals surface area contributed by atoms with Crippen LogP contribution in [0.5, 0.6) is 0 Å². The number of hydrogen-bond donors (Lipinski definition) is 0. The van der Waals surface area contributed by atoms with Gasteiger partial charge in [-0.3, -0.25) is 4.79 Å². The number of carbonyl (C=O) groups excluding carboxylic acids is 2. The first-order valence-electron chi connectivity index (χ1n) is 9.25. The van der Waals surface area contributed by atoms with Crippen LogP contribution in [0.4, 0.5) is 0 Å². The van der Waals surface area contributed by atoms with Crippen molar-refractivity contribution < 1.29 is 14.3 Å². The number of rotatable bonds is 8. The first-order valence-corrected chi connectivity index (χ1v) is 9.25. The second-order valence-electron chi connectivity index (χ2n) is 6.80. The molecule has 0 fully saturated rings. The Morgan fingerprint density at radius 2 is 2.00 bits per heavy atom. The molecular weight excluding hydrogens is 314 g/mol. The van der Waals surface area contributed by atoms with E-state index in [2.05, 4.69) is 25.7 Å². The molecule has 1 aromatic rings. The topological polar surface area (TPSA) is 46.6 Å². The summed E-state index contributed by atoms with van der Waals surface area (Å²) in [5.41, 5.74) is 0.980. The van der Waals surface area contributed by atoms with Gasteiger partial charge in [0.2, 0.25) is 0 Å². The molecule has 25 heavy (non-hydrogen) atoms. The Morgan fingerprint density at radius 3 is 2.64 bits per heavy atom. The minimum Gasteiger partial charge on any atom is -0.459 e. The highest BCUT2D eigenvalue weighted by Gasteiger charge is 2.36. The summed E-state index contributed by atoms with van der Waals surface area (Å²) in [6.45, 7) is 6.53. The van der Waals surface area contributed by atoms with Crippen LogP contribution in [0.3, 0.4) is 0 Å². The summed E-state index contributed by atoms with van der Waals surface area (Å²) >= 11 is 0. The number of ether oxygens (including phenoxy) is 1. The number of nitrogens with zero attached hydrogens (tertiary/aromatic N) is 1. The maximum absolute atomic E-state index is 12.9. The molecule has 0 unspecified atom stereocenters. The highest BCUT2D eigenvalue weighted by molar-refractivity contribution is 5.91. The van der Waals surface area contributed by atoms with Crippen molar-refractivity contribution in [3.63, 3.8) is 0 Å². The van der Waals surface area contributed by atoms with E-state index >= 15 is 0 Å². The molecule has 1 aliphatic heterocycles. The molecule has 1 aliphatic rings. The summed E-state index contributed by atoms with van der Waals surface area (Å²) in [5, 5.41) is 0. The highest BCUT2D eigenvalue weighted by Crippen LogP contribution is 2.26. The van der Waals surface area contributed by atoms with Crippen LogP contribution in [0.1, 0.15) is 52.0 Å². The lowest BCUT2D eigenvalue weighted by molar-refractivity contribution is -0.154. The van der Waals surface area contributed by atoms with Gasteiger partial charge in [0.15, 0.2) is 5.78 Å². The van der Waals surface area contributed by atoms with Crippen molar-refractivity contribution in [1.82, 2.24) is 4.90 Å². The van der Waals surface area contributed by atoms with E-state index in [0.29, 0.717) is 6.42 Å². The van der Waals surface area contributed by atoms with Crippen LogP contribution < -0.4 is 0 Å². The first-order chi connectivity index (χ1) is 12.1. The minimum absolute atomic E-state index is 0.0748. The molecule has 0 spiro atoms. The molecule has 1 aromatic carbocycles. The number of carbonyl (C=O) groups is 2. The van der Waals surface area contributed by atoms with Crippen molar-refractivity contribution in [2.75, 3.05) is 0 Å². The lowest BCUT2D eigenvalue weighted by Crippen LogP contribution is -2.50. The van der Waals surface area contributed by atoms with Crippen molar-refractivity contribution in [1.29, 1.82) is 0 Å². The van der Waals surface area contributed by atoms with Gasteiger partial charge in [0.25, 0.3) is 0 Å². The van der Waals surface area contributed by atoms with Crippen molar-refractivity contribution >= 4 is 11.8 Å². The largest absolute Gasteiger partial charge is 0.459 e. The predicted molar refractivity (Wildman–Crippen MR) is 98.8 cm³/mol. The van der Waals surface area contributed by atoms with Crippen molar-refractivity contribution in [2.24, 2.45) is 5.92 Å². The Bertz CT molecular complexity index is 596. The van der Waals surface area contributed by atoms with Crippen LogP contribution >= 0.6 is 0 Å². The Labute approximate surface area is 150 Å². The Kier molecular flexibility index (Phi) is 7.23. The molecule has 0 N–H and O–H groups in total. The molecule has 0 bridgehead atoms. The highest BCUT2D eigenvalue weighted by atomic mass is 16.5. The summed E-state index contributed by atoms with van der Waals surface area (Å²) in [6.07, 6.45) is 6.62. The van der Waals surface area contributed by atoms with E-state index in [1.165, 1.54) is 0 Å². The summed E-state index contributed by atoms with van der Waals surface area (Å²) in [6, 6.07) is 9.44. The monoisotopic (exact) mass is 343 g/mol. The van der Waals surface area contributed by atoms with Gasteiger partial charge >= 0.3 is 5.97 Å². The van der Waals surface area contributed by atoms with Crippen LogP contribution in [0.15, 0.2) is 42.6 Å². The molecule has 4 nitrogen and oxygen atoms in total. The number of esters is 1. The lowest BCUT2D eigenvalue weighted by Gasteiger charge is -2.40. The van der Waals surface area contributed by atoms with Crippen LogP contribution in [0.25, 0.3) is 0 Å². The Hall–Kier alpha value is -2.10. The molecule has 1 heterocycles. The van der Waals surface area contributed by atoms with Crippen molar-refractivity contribution in [2.45, 2.75) is 65.1 Å². The fourth-order valence-corrected chi connectivity index (χ4v) is 3.29. The molecule has 0 radical (unpaired) electrons. The number of benzene rings is 1. The SMILES string of the molecule is CCC[C@H]1CC(=O)C=CN1[C@H](C(=O)OCc1ccccc1)[C@@H](C)CC. The third-order valence-electron chi connectivity index (χ3n) is 4.88. The molecule has 0 saturated heterocycles. The van der Waals surface area contributed by atoms with Gasteiger partial charge in [0.1, 0.15) is 12.6 Å². The van der Waals surface area contributed by atoms with E-state index in [4.69, 9.17) is 4.74 Å². The van der Waals surface area contributed by atoms with Crippen molar-refractivity contribution in [3.05, 3.63) is 48.2 Å². The maximum Gasteiger partial charge on any atom is 0.329 e. The molecule has 0 aliphatic carbocycles. The molecule has 136 valence electrons. The average Bonchev–Trinajstić information content (AvgIpc) is 2.63. The van der Waals surface area contributed by atoms with Gasteiger partial charge in [-0.05, 0) is 24.0 Å². The third kappa shape index (κ3) is 5.18. The van der Waals surface area contributed by atoms with Gasteiger partial charge in [0, 0.05) is 18.7 Å². The number of ketones is 1. The molecule has 3 atom stereocenters. The Morgan fingerprint density at radius 1 is 1.28 bits per heavy atom. The number of hydrogen-bond acceptors (Lipinski definition) is 4. The van der Waals surface area contributed by atoms with E-state index < -0.39 is 0 Å². The fraction of sp³-hybridized carbons (Fsp3) is 0.524. The van der Waals surface area contributed by atoms with E-state index in [1.54, 1.807) is 12.3 Å². The van der Waals surface area contributed by atoms with Gasteiger partial charge in [-0.1, -0.05) is 63.9 Å². The van der Waals surface area contributed by atoms with Crippen LogP contribution in [-0.2, 0) is 20.9 Å². The molecule has 0 amide bonds. The van der Waals surface area contributed by atoms with Gasteiger partial charge < -0.3 is 9.64 Å². The summed E-state index contributed by atoms with van der Waals surface area (Å²) in [5.74, 6) is 0.0778. The molecule has 2 rings (SSSR count). The molecule has 0 saturated carbocycles. The minimum atomic E-state index is -0.352. The molecule has 4 heteroatoms. The standard InChI is InChI=1S/C21H29NO3/c1-4-9-18-14-19(23)12-13-22(18)20(16(3)5-2)21(24)25-15-17-10-7-6-8-11-17/h6-8,10-13,16,18,20H,4-5,9,14-15H2,1-3H3/t16-,18-,20-/m0/s1. The average molecular weight is 343 g/mol. The zero-order valence-electron chi connectivity index (χ0n) is 15.5. The van der Waals surface area contributed by atoms with Crippen molar-refractivity contribution in [3.8, 4) is 0 Å². The maximum atomic E-state index is 12.9. The van der Waals surface area contributed by atoms with E-state index in [0.717, 1.165) is 24.8 Å². The predicted octanol–water partition coefficient (Wildman–Crippen LogP) is 4.10. The normalized spacial score (nSPS) is 19.6. The fourth-order valence-electron chi connectivity index (χ4n) is 3.29. The number of allylic oxidation sites excluding steroid dienone is 1. The Balaban J connectivity index is 2.15. The first kappa shape index (κ1) is 19.2. The van der Waals surface area contributed by atoms with E-state index in [9.17, 15) is 9.59 Å². The van der Waals surface area contributed by atoms with Gasteiger partial charge in [0.05, 0.1) is 0 Å². The molecule has 0 aromatic heterocycles. The lowest BCUT2D eigenvalue weighted by atomic mass is 9.92. The summed E-state index contributed by atoms with van der Waals surface area (Å²) < 4.78 is 5.62. The van der Waals surface area contributed by atoms with E-state index in [-0.39, 0.29) is 36.4 Å². The van der Waals surface area contributed by atoms with Gasteiger partial charge in [-0.15, -0.1) is 0 Å². The van der Waals surface area contributed by atoms with Crippen LogP contribution in [-0.4, -0.2) is 28.7 Å². The quantitative estimate of drug-likeness (QED) is 0.667.